The van der Waals surface area contributed by atoms with Gasteiger partial charge in [0.1, 0.15) is 8.07 Å². The van der Waals surface area contributed by atoms with Gasteiger partial charge in [0.25, 0.3) is 0 Å². The average molecular weight is 797 g/mol. The van der Waals surface area contributed by atoms with Crippen molar-refractivity contribution >= 4 is 50.0 Å². The fourth-order valence-electron chi connectivity index (χ4n) is 12.5. The zero-order valence-electron chi connectivity index (χ0n) is 34.8. The first-order valence-electron chi connectivity index (χ1n) is 22.3. The Morgan fingerprint density at radius 3 is 2.19 bits per heavy atom. The number of hydrogen-bond donors (Lipinski definition) is 0. The maximum atomic E-state index is 2.58. The minimum absolute atomic E-state index is 0.00344. The van der Waals surface area contributed by atoms with Gasteiger partial charge in [0.2, 0.25) is 0 Å². The van der Waals surface area contributed by atoms with Crippen LogP contribution in [0.2, 0.25) is 13.1 Å². The van der Waals surface area contributed by atoms with E-state index in [0.29, 0.717) is 0 Å². The zero-order chi connectivity index (χ0) is 39.6. The average Bonchev–Trinajstić information content (AvgIpc) is 4.08. The molecule has 12 rings (SSSR count). The summed E-state index contributed by atoms with van der Waals surface area (Å²) in [6.07, 6.45) is 7.91. The smallest absolute Gasteiger partial charge is 0.113 e. The predicted octanol–water partition coefficient (Wildman–Crippen LogP) is 14.5. The molecule has 0 amide bonds. The van der Waals surface area contributed by atoms with Crippen molar-refractivity contribution in [3.8, 4) is 33.4 Å². The largest absolute Gasteiger partial charge is 0.135 e. The van der Waals surface area contributed by atoms with Crippen LogP contribution in [-0.2, 0) is 11.8 Å². The molecule has 2 saturated carbocycles. The first-order chi connectivity index (χ1) is 28.7. The molecule has 0 saturated heterocycles. The monoisotopic (exact) mass is 796 g/mol. The Morgan fingerprint density at radius 2 is 1.36 bits per heavy atom. The molecule has 2 heterocycles. The van der Waals surface area contributed by atoms with E-state index in [1.54, 1.807) is 15.9 Å². The van der Waals surface area contributed by atoms with Crippen LogP contribution in [0.25, 0.3) is 53.6 Å². The Balaban J connectivity index is 0.955. The molecule has 3 aliphatic carbocycles. The van der Waals surface area contributed by atoms with Crippen LogP contribution in [0, 0.1) is 11.8 Å². The highest BCUT2D eigenvalue weighted by Gasteiger charge is 2.40. The Kier molecular flexibility index (Phi) is 8.05. The Bertz CT molecular complexity index is 2980. The van der Waals surface area contributed by atoms with E-state index in [9.17, 15) is 0 Å². The molecule has 1 aromatic heterocycles. The molecule has 4 aliphatic rings. The molecule has 59 heavy (non-hydrogen) atoms. The summed E-state index contributed by atoms with van der Waals surface area (Å²) in [6, 6.07) is 57.4. The van der Waals surface area contributed by atoms with Crippen molar-refractivity contribution in [1.29, 1.82) is 0 Å². The van der Waals surface area contributed by atoms with Crippen LogP contribution in [0.3, 0.4) is 0 Å². The number of rotatable bonds is 7. The van der Waals surface area contributed by atoms with Crippen LogP contribution in [0.4, 0.5) is 0 Å². The summed E-state index contributed by atoms with van der Waals surface area (Å²) >= 11 is 1.95. The molecule has 1 aliphatic heterocycles. The van der Waals surface area contributed by atoms with E-state index in [-0.39, 0.29) is 11.3 Å². The van der Waals surface area contributed by atoms with Gasteiger partial charge in [-0.25, -0.2) is 0 Å². The summed E-state index contributed by atoms with van der Waals surface area (Å²) in [5.41, 5.74) is 17.2. The molecule has 2 heteroatoms. The molecule has 4 unspecified atom stereocenters. The lowest BCUT2D eigenvalue weighted by Crippen LogP contribution is -2.49. The summed E-state index contributed by atoms with van der Waals surface area (Å²) in [5.74, 6) is 2.96. The number of hydrogen-bond acceptors (Lipinski definition) is 1. The van der Waals surface area contributed by atoms with Crippen molar-refractivity contribution in [3.63, 3.8) is 0 Å². The van der Waals surface area contributed by atoms with E-state index >= 15 is 0 Å². The molecule has 7 aromatic carbocycles. The first-order valence-corrected chi connectivity index (χ1v) is 26.1. The highest BCUT2D eigenvalue weighted by molar-refractivity contribution is 7.26. The van der Waals surface area contributed by atoms with Gasteiger partial charge in [-0.15, -0.1) is 11.3 Å². The molecule has 0 N–H and O–H groups in total. The third-order valence-electron chi connectivity index (χ3n) is 15.7. The SMILES string of the molecule is CC1(C)c2ccccc2-c2cc(C(CCc3ccc(C4CC5CCC4C5)cc3)c3ccc4sc5cccc(-c6ccc7c(c6)[Si](C)(C)c6ccccc6-7)c5c4c3)ccc21. The van der Waals surface area contributed by atoms with E-state index in [0.717, 1.165) is 30.6 Å². The molecule has 2 bridgehead atoms. The third kappa shape index (κ3) is 5.52. The lowest BCUT2D eigenvalue weighted by atomic mass is 9.80. The van der Waals surface area contributed by atoms with Gasteiger partial charge in [0.15, 0.2) is 0 Å². The second kappa shape index (κ2) is 13.2. The molecule has 8 aromatic rings. The van der Waals surface area contributed by atoms with E-state index in [4.69, 9.17) is 0 Å². The zero-order valence-corrected chi connectivity index (χ0v) is 36.6. The van der Waals surface area contributed by atoms with E-state index in [2.05, 4.69) is 173 Å². The van der Waals surface area contributed by atoms with Crippen molar-refractivity contribution in [3.05, 3.63) is 179 Å². The van der Waals surface area contributed by atoms with Gasteiger partial charge in [0, 0.05) is 31.5 Å². The predicted molar refractivity (Wildman–Crippen MR) is 256 cm³/mol. The summed E-state index contributed by atoms with van der Waals surface area (Å²) in [5, 5.41) is 5.94. The second-order valence-corrected chi connectivity index (χ2v) is 25.0. The molecule has 290 valence electrons. The molecule has 0 spiro atoms. The van der Waals surface area contributed by atoms with Crippen molar-refractivity contribution in [2.24, 2.45) is 11.8 Å². The van der Waals surface area contributed by atoms with Crippen molar-refractivity contribution in [2.75, 3.05) is 0 Å². The maximum Gasteiger partial charge on any atom is 0.113 e. The summed E-state index contributed by atoms with van der Waals surface area (Å²) in [7, 11) is -1.80. The van der Waals surface area contributed by atoms with Gasteiger partial charge in [-0.1, -0.05) is 161 Å². The van der Waals surface area contributed by atoms with Crippen LogP contribution < -0.4 is 10.4 Å². The van der Waals surface area contributed by atoms with Crippen molar-refractivity contribution in [1.82, 2.24) is 0 Å². The molecule has 0 radical (unpaired) electrons. The maximum absolute atomic E-state index is 2.58. The van der Waals surface area contributed by atoms with Crippen LogP contribution in [-0.4, -0.2) is 8.07 Å². The first kappa shape index (κ1) is 35.9. The minimum atomic E-state index is -1.80. The molecular formula is C57H52SSi. The number of fused-ring (bicyclic) bond motifs is 11. The van der Waals surface area contributed by atoms with Crippen molar-refractivity contribution in [2.45, 2.75) is 82.7 Å². The van der Waals surface area contributed by atoms with Crippen LogP contribution >= 0.6 is 11.3 Å². The van der Waals surface area contributed by atoms with Gasteiger partial charge in [-0.2, -0.15) is 0 Å². The van der Waals surface area contributed by atoms with Gasteiger partial charge in [-0.05, 0) is 145 Å². The van der Waals surface area contributed by atoms with Crippen LogP contribution in [0.1, 0.15) is 91.2 Å². The van der Waals surface area contributed by atoms with Gasteiger partial charge < -0.3 is 0 Å². The van der Waals surface area contributed by atoms with Gasteiger partial charge in [0.05, 0.1) is 0 Å². The van der Waals surface area contributed by atoms with Crippen LogP contribution in [0.15, 0.2) is 146 Å². The Labute approximate surface area is 355 Å². The molecule has 0 nitrogen and oxygen atoms in total. The second-order valence-electron chi connectivity index (χ2n) is 19.6. The normalized spacial score (nSPS) is 20.8. The number of thiophene rings is 1. The number of aryl methyl sites for hydroxylation is 1. The lowest BCUT2D eigenvalue weighted by Gasteiger charge is -2.23. The molecule has 2 fully saturated rings. The summed E-state index contributed by atoms with van der Waals surface area (Å²) in [6.45, 7) is 9.84. The fourth-order valence-corrected chi connectivity index (χ4v) is 16.8. The highest BCUT2D eigenvalue weighted by atomic mass is 32.1. The fraction of sp³-hybridized carbons (Fsp3) is 0.263. The quantitative estimate of drug-likeness (QED) is 0.141. The Hall–Kier alpha value is -5.02. The van der Waals surface area contributed by atoms with Crippen molar-refractivity contribution < 1.29 is 0 Å². The topological polar surface area (TPSA) is 0 Å². The van der Waals surface area contributed by atoms with E-state index < -0.39 is 8.07 Å². The highest BCUT2D eigenvalue weighted by Crippen LogP contribution is 2.53. The third-order valence-corrected chi connectivity index (χ3v) is 20.4. The Morgan fingerprint density at radius 1 is 0.610 bits per heavy atom. The number of benzene rings is 7. The molecule has 4 atom stereocenters. The van der Waals surface area contributed by atoms with Crippen LogP contribution in [0.5, 0.6) is 0 Å². The minimum Gasteiger partial charge on any atom is -0.135 e. The summed E-state index contributed by atoms with van der Waals surface area (Å²) < 4.78 is 2.75. The lowest BCUT2D eigenvalue weighted by molar-refractivity contribution is 0.420. The standard InChI is InChI=1S/C57H52SSi/c1-57(2)50-13-7-5-10-44(50)48-32-39(24-28-51(48)57)42(26-19-35-16-20-37(21-17-35)47-31-36-18-22-38(47)30-36)40-25-29-52-49(33-40)56-43(12-9-14-53(56)58-52)41-23-27-46-45-11-6-8-15-54(45)59(3,4)55(46)34-41/h5-17,20-21,23-25,27-29,32-34,36,38,42,47H,18-19,22,26,30-31H2,1-4H3. The molecular weight excluding hydrogens is 745 g/mol. The van der Waals surface area contributed by atoms with E-state index in [1.165, 1.54) is 107 Å². The van der Waals surface area contributed by atoms with E-state index in [1.807, 2.05) is 11.3 Å². The van der Waals surface area contributed by atoms with Gasteiger partial charge in [-0.3, -0.25) is 0 Å². The summed E-state index contributed by atoms with van der Waals surface area (Å²) in [4.78, 5) is 0. The van der Waals surface area contributed by atoms with Gasteiger partial charge >= 0.3 is 0 Å².